The first-order chi connectivity index (χ1) is 14.0. The first kappa shape index (κ1) is 22.3. The second-order valence-electron chi connectivity index (χ2n) is 8.00. The Morgan fingerprint density at radius 1 is 1.17 bits per heavy atom. The number of nitrogens with zero attached hydrogens (tertiary/aromatic N) is 1. The minimum atomic E-state index is -3.95. The van der Waals surface area contributed by atoms with Gasteiger partial charge in [-0.3, -0.25) is 4.79 Å². The first-order valence-corrected chi connectivity index (χ1v) is 11.2. The fraction of sp³-hybridized carbons (Fsp3) is 0.333. The van der Waals surface area contributed by atoms with E-state index in [0.717, 1.165) is 23.7 Å². The van der Waals surface area contributed by atoms with Crippen molar-refractivity contribution < 1.29 is 22.7 Å². The van der Waals surface area contributed by atoms with Crippen molar-refractivity contribution in [2.24, 2.45) is 0 Å². The zero-order valence-electron chi connectivity index (χ0n) is 16.9. The van der Waals surface area contributed by atoms with Crippen LogP contribution in [0.15, 0.2) is 47.4 Å². The maximum Gasteiger partial charge on any atom is 0.338 e. The molecule has 0 saturated carbocycles. The Morgan fingerprint density at radius 2 is 1.87 bits per heavy atom. The molecule has 0 saturated heterocycles. The quantitative estimate of drug-likeness (QED) is 0.706. The van der Waals surface area contributed by atoms with Crippen molar-refractivity contribution in [2.75, 3.05) is 18.1 Å². The third-order valence-corrected chi connectivity index (χ3v) is 6.65. The highest BCUT2D eigenvalue weighted by Crippen LogP contribution is 2.28. The minimum absolute atomic E-state index is 0.0108. The van der Waals surface area contributed by atoms with Gasteiger partial charge in [0.15, 0.2) is 6.61 Å². The molecule has 1 N–H and O–H groups in total. The molecule has 0 unspecified atom stereocenters. The number of ether oxygens (including phenoxy) is 1. The summed E-state index contributed by atoms with van der Waals surface area (Å²) in [6, 6.07) is 11.4. The predicted molar refractivity (Wildman–Crippen MR) is 114 cm³/mol. The van der Waals surface area contributed by atoms with Crippen molar-refractivity contribution in [1.82, 2.24) is 4.72 Å². The van der Waals surface area contributed by atoms with E-state index in [2.05, 4.69) is 4.72 Å². The number of sulfonamides is 1. The summed E-state index contributed by atoms with van der Waals surface area (Å²) >= 11 is 6.04. The van der Waals surface area contributed by atoms with Crippen LogP contribution in [0.3, 0.4) is 0 Å². The van der Waals surface area contributed by atoms with Crippen LogP contribution < -0.4 is 9.62 Å². The third kappa shape index (κ3) is 5.00. The topological polar surface area (TPSA) is 92.8 Å². The van der Waals surface area contributed by atoms with Crippen LogP contribution in [0, 0.1) is 0 Å². The zero-order valence-corrected chi connectivity index (χ0v) is 18.5. The summed E-state index contributed by atoms with van der Waals surface area (Å²) in [5.74, 6) is -1.15. The number of halogens is 1. The fourth-order valence-electron chi connectivity index (χ4n) is 3.18. The average Bonchev–Trinajstić information content (AvgIpc) is 3.08. The Kier molecular flexibility index (Phi) is 6.21. The highest BCUT2D eigenvalue weighted by atomic mass is 35.5. The molecular weight excluding hydrogens is 428 g/mol. The number of hydrogen-bond donors (Lipinski definition) is 1. The van der Waals surface area contributed by atoms with Crippen molar-refractivity contribution in [3.63, 3.8) is 0 Å². The van der Waals surface area contributed by atoms with Gasteiger partial charge in [-0.1, -0.05) is 29.8 Å². The van der Waals surface area contributed by atoms with Crippen LogP contribution in [0.2, 0.25) is 5.02 Å². The number of nitrogens with one attached hydrogen (secondary N) is 1. The molecular formula is C21H23ClN2O5S. The highest BCUT2D eigenvalue weighted by molar-refractivity contribution is 7.89. The summed E-state index contributed by atoms with van der Waals surface area (Å²) in [5, 5.41) is -0.0203. The number of anilines is 1. The molecule has 1 aliphatic heterocycles. The highest BCUT2D eigenvalue weighted by Gasteiger charge is 2.27. The summed E-state index contributed by atoms with van der Waals surface area (Å²) in [6.45, 7) is 5.16. The maximum atomic E-state index is 12.6. The first-order valence-electron chi connectivity index (χ1n) is 9.37. The van der Waals surface area contributed by atoms with Gasteiger partial charge in [0.1, 0.15) is 4.90 Å². The fourth-order valence-corrected chi connectivity index (χ4v) is 5.13. The minimum Gasteiger partial charge on any atom is -0.452 e. The van der Waals surface area contributed by atoms with E-state index in [9.17, 15) is 18.0 Å². The predicted octanol–water partition coefficient (Wildman–Crippen LogP) is 3.16. The zero-order chi connectivity index (χ0) is 22.1. The number of para-hydroxylation sites is 1. The van der Waals surface area contributed by atoms with Crippen molar-refractivity contribution in [3.05, 3.63) is 58.6 Å². The van der Waals surface area contributed by atoms with Gasteiger partial charge in [-0.05, 0) is 57.0 Å². The van der Waals surface area contributed by atoms with E-state index in [0.29, 0.717) is 6.54 Å². The SMILES string of the molecule is CC(C)(C)NS(=O)(=O)c1cc(C(=O)OCC(=O)N2CCc3ccccc32)ccc1Cl. The van der Waals surface area contributed by atoms with Gasteiger partial charge >= 0.3 is 5.97 Å². The van der Waals surface area contributed by atoms with E-state index >= 15 is 0 Å². The second kappa shape index (κ2) is 8.37. The number of amides is 1. The van der Waals surface area contributed by atoms with E-state index in [1.165, 1.54) is 12.1 Å². The molecule has 7 nitrogen and oxygen atoms in total. The molecule has 0 aromatic heterocycles. The van der Waals surface area contributed by atoms with E-state index in [1.807, 2.05) is 24.3 Å². The van der Waals surface area contributed by atoms with E-state index in [4.69, 9.17) is 16.3 Å². The van der Waals surface area contributed by atoms with E-state index in [1.54, 1.807) is 25.7 Å². The van der Waals surface area contributed by atoms with Crippen LogP contribution in [0.25, 0.3) is 0 Å². The maximum absolute atomic E-state index is 12.6. The van der Waals surface area contributed by atoms with Gasteiger partial charge in [0, 0.05) is 17.8 Å². The number of carbonyl (C=O) groups is 2. The smallest absolute Gasteiger partial charge is 0.338 e. The van der Waals surface area contributed by atoms with E-state index in [-0.39, 0.29) is 21.4 Å². The number of hydrogen-bond acceptors (Lipinski definition) is 5. The molecule has 30 heavy (non-hydrogen) atoms. The van der Waals surface area contributed by atoms with Gasteiger partial charge in [0.2, 0.25) is 10.0 Å². The molecule has 1 heterocycles. The molecule has 2 aromatic carbocycles. The lowest BCUT2D eigenvalue weighted by molar-refractivity contribution is -0.121. The van der Waals surface area contributed by atoms with Crippen molar-refractivity contribution in [2.45, 2.75) is 37.6 Å². The molecule has 1 aliphatic rings. The van der Waals surface area contributed by atoms with Crippen LogP contribution >= 0.6 is 11.6 Å². The number of fused-ring (bicyclic) bond motifs is 1. The normalized spacial score (nSPS) is 13.8. The Labute approximate surface area is 181 Å². The van der Waals surface area contributed by atoms with Crippen LogP contribution in [0.1, 0.15) is 36.7 Å². The lowest BCUT2D eigenvalue weighted by Gasteiger charge is -2.21. The molecule has 0 radical (unpaired) electrons. The van der Waals surface area contributed by atoms with Crippen molar-refractivity contribution in [1.29, 1.82) is 0 Å². The summed E-state index contributed by atoms with van der Waals surface area (Å²) < 4.78 is 32.8. The van der Waals surface area contributed by atoms with Gasteiger partial charge in [0.05, 0.1) is 10.6 Å². The molecule has 0 aliphatic carbocycles. The molecule has 0 spiro atoms. The molecule has 0 atom stereocenters. The second-order valence-corrected chi connectivity index (χ2v) is 10.1. The standard InChI is InChI=1S/C21H23ClN2O5S/c1-21(2,3)23-30(27,28)18-12-15(8-9-16(18)22)20(26)29-13-19(25)24-11-10-14-6-4-5-7-17(14)24/h4-9,12,23H,10-11,13H2,1-3H3. The Hall–Kier alpha value is -2.42. The lowest BCUT2D eigenvalue weighted by atomic mass is 10.1. The van der Waals surface area contributed by atoms with Gasteiger partial charge < -0.3 is 9.64 Å². The monoisotopic (exact) mass is 450 g/mol. The summed E-state index contributed by atoms with van der Waals surface area (Å²) in [7, 11) is -3.95. The van der Waals surface area contributed by atoms with Crippen LogP contribution in [-0.2, 0) is 26.0 Å². The molecule has 0 fully saturated rings. The van der Waals surface area contributed by atoms with Crippen LogP contribution in [0.4, 0.5) is 5.69 Å². The van der Waals surface area contributed by atoms with Crippen molar-refractivity contribution in [3.8, 4) is 0 Å². The van der Waals surface area contributed by atoms with Gasteiger partial charge in [0.25, 0.3) is 5.91 Å². The Morgan fingerprint density at radius 3 is 2.57 bits per heavy atom. The van der Waals surface area contributed by atoms with Crippen LogP contribution in [-0.4, -0.2) is 39.0 Å². The van der Waals surface area contributed by atoms with Gasteiger partial charge in [-0.25, -0.2) is 17.9 Å². The Balaban J connectivity index is 1.71. The molecule has 1 amide bonds. The molecule has 160 valence electrons. The Bertz CT molecular complexity index is 1090. The number of benzene rings is 2. The van der Waals surface area contributed by atoms with Crippen LogP contribution in [0.5, 0.6) is 0 Å². The number of carbonyl (C=O) groups excluding carboxylic acids is 2. The lowest BCUT2D eigenvalue weighted by Crippen LogP contribution is -2.40. The number of esters is 1. The molecule has 2 aromatic rings. The number of rotatable bonds is 5. The third-order valence-electron chi connectivity index (χ3n) is 4.41. The van der Waals surface area contributed by atoms with Gasteiger partial charge in [-0.15, -0.1) is 0 Å². The van der Waals surface area contributed by atoms with Gasteiger partial charge in [-0.2, -0.15) is 0 Å². The molecule has 9 heteroatoms. The molecule has 0 bridgehead atoms. The van der Waals surface area contributed by atoms with E-state index < -0.39 is 28.1 Å². The summed E-state index contributed by atoms with van der Waals surface area (Å²) in [6.07, 6.45) is 0.745. The molecule has 3 rings (SSSR count). The largest absolute Gasteiger partial charge is 0.452 e. The van der Waals surface area contributed by atoms with Crippen molar-refractivity contribution >= 4 is 39.2 Å². The average molecular weight is 451 g/mol. The summed E-state index contributed by atoms with van der Waals surface area (Å²) in [4.78, 5) is 26.3. The summed E-state index contributed by atoms with van der Waals surface area (Å²) in [5.41, 5.74) is 1.14.